The van der Waals surface area contributed by atoms with Crippen LogP contribution in [0.1, 0.15) is 72.1 Å². The van der Waals surface area contributed by atoms with Crippen LogP contribution in [0, 0.1) is 0 Å². The molecule has 0 rings (SSSR count). The molecule has 0 heterocycles. The Morgan fingerprint density at radius 3 is 2.35 bits per heavy atom. The van der Waals surface area contributed by atoms with Crippen molar-refractivity contribution in [1.29, 1.82) is 0 Å². The first-order valence-corrected chi connectivity index (χ1v) is 7.62. The number of ether oxygens (including phenoxy) is 1. The van der Waals surface area contributed by atoms with Crippen LogP contribution in [-0.4, -0.2) is 25.8 Å². The van der Waals surface area contributed by atoms with Crippen LogP contribution in [0.15, 0.2) is 0 Å². The molecule has 104 valence electrons. The van der Waals surface area contributed by atoms with E-state index in [4.69, 9.17) is 4.74 Å². The Labute approximate surface area is 109 Å². The Bertz CT molecular complexity index is 139. The van der Waals surface area contributed by atoms with Crippen LogP contribution in [0.3, 0.4) is 0 Å². The van der Waals surface area contributed by atoms with Gasteiger partial charge >= 0.3 is 0 Å². The van der Waals surface area contributed by atoms with E-state index in [9.17, 15) is 0 Å². The van der Waals surface area contributed by atoms with Crippen LogP contribution in [-0.2, 0) is 4.74 Å². The molecule has 0 amide bonds. The molecular formula is C15H33NO. The second-order valence-corrected chi connectivity index (χ2v) is 5.02. The third-order valence-electron chi connectivity index (χ3n) is 3.05. The summed E-state index contributed by atoms with van der Waals surface area (Å²) in [5, 5.41) is 3.57. The van der Waals surface area contributed by atoms with E-state index in [1.165, 1.54) is 38.5 Å². The average Bonchev–Trinajstić information content (AvgIpc) is 2.33. The highest BCUT2D eigenvalue weighted by atomic mass is 16.5. The molecule has 0 saturated heterocycles. The van der Waals surface area contributed by atoms with E-state index < -0.39 is 0 Å². The van der Waals surface area contributed by atoms with Gasteiger partial charge in [0, 0.05) is 19.3 Å². The van der Waals surface area contributed by atoms with Gasteiger partial charge in [0.1, 0.15) is 0 Å². The summed E-state index contributed by atoms with van der Waals surface area (Å²) in [5.41, 5.74) is 0. The third kappa shape index (κ3) is 13.9. The fourth-order valence-electron chi connectivity index (χ4n) is 1.93. The van der Waals surface area contributed by atoms with Gasteiger partial charge in [0.2, 0.25) is 0 Å². The predicted octanol–water partition coefficient (Wildman–Crippen LogP) is 4.14. The highest BCUT2D eigenvalue weighted by Crippen LogP contribution is 2.06. The minimum Gasteiger partial charge on any atom is -0.381 e. The molecule has 1 unspecified atom stereocenters. The minimum absolute atomic E-state index is 0.669. The van der Waals surface area contributed by atoms with Gasteiger partial charge in [0.15, 0.2) is 0 Å². The van der Waals surface area contributed by atoms with Crippen LogP contribution in [0.2, 0.25) is 0 Å². The van der Waals surface area contributed by atoms with Crippen LogP contribution in [0.25, 0.3) is 0 Å². The van der Waals surface area contributed by atoms with Crippen LogP contribution in [0.5, 0.6) is 0 Å². The number of rotatable bonds is 13. The van der Waals surface area contributed by atoms with Crippen molar-refractivity contribution < 1.29 is 4.74 Å². The number of nitrogens with one attached hydrogen (secondary N) is 1. The van der Waals surface area contributed by atoms with E-state index in [1.807, 2.05) is 0 Å². The van der Waals surface area contributed by atoms with Crippen molar-refractivity contribution in [1.82, 2.24) is 5.32 Å². The van der Waals surface area contributed by atoms with Gasteiger partial charge in [-0.15, -0.1) is 0 Å². The minimum atomic E-state index is 0.669. The topological polar surface area (TPSA) is 21.3 Å². The second kappa shape index (κ2) is 14.0. The van der Waals surface area contributed by atoms with E-state index in [1.54, 1.807) is 0 Å². The van der Waals surface area contributed by atoms with Gasteiger partial charge < -0.3 is 10.1 Å². The van der Waals surface area contributed by atoms with Crippen LogP contribution < -0.4 is 5.32 Å². The van der Waals surface area contributed by atoms with Crippen molar-refractivity contribution in [2.24, 2.45) is 0 Å². The molecule has 0 aliphatic heterocycles. The summed E-state index contributed by atoms with van der Waals surface area (Å²) in [7, 11) is 0. The monoisotopic (exact) mass is 243 g/mol. The van der Waals surface area contributed by atoms with Gasteiger partial charge in [-0.2, -0.15) is 0 Å². The maximum atomic E-state index is 5.45. The third-order valence-corrected chi connectivity index (χ3v) is 3.05. The molecule has 1 atom stereocenters. The lowest BCUT2D eigenvalue weighted by Gasteiger charge is -2.13. The molecule has 0 saturated carbocycles. The lowest BCUT2D eigenvalue weighted by Crippen LogP contribution is -2.27. The van der Waals surface area contributed by atoms with E-state index in [0.29, 0.717) is 6.04 Å². The van der Waals surface area contributed by atoms with Crippen molar-refractivity contribution in [3.8, 4) is 0 Å². The van der Waals surface area contributed by atoms with Crippen molar-refractivity contribution in [2.75, 3.05) is 19.8 Å². The summed E-state index contributed by atoms with van der Waals surface area (Å²) in [6, 6.07) is 0.669. The maximum Gasteiger partial charge on any atom is 0.0478 e. The van der Waals surface area contributed by atoms with Gasteiger partial charge in [0.25, 0.3) is 0 Å². The summed E-state index contributed by atoms with van der Waals surface area (Å²) in [6.45, 7) is 9.63. The van der Waals surface area contributed by atoms with E-state index in [-0.39, 0.29) is 0 Å². The Balaban J connectivity index is 3.09. The van der Waals surface area contributed by atoms with Gasteiger partial charge in [0.05, 0.1) is 0 Å². The van der Waals surface area contributed by atoms with Crippen molar-refractivity contribution in [3.05, 3.63) is 0 Å². The Hall–Kier alpha value is -0.0800. The van der Waals surface area contributed by atoms with Gasteiger partial charge in [-0.05, 0) is 32.7 Å². The van der Waals surface area contributed by atoms with Crippen molar-refractivity contribution >= 4 is 0 Å². The molecule has 0 radical (unpaired) electrons. The maximum absolute atomic E-state index is 5.45. The molecule has 2 heteroatoms. The van der Waals surface area contributed by atoms with E-state index in [2.05, 4.69) is 26.1 Å². The first-order valence-electron chi connectivity index (χ1n) is 7.62. The van der Waals surface area contributed by atoms with Gasteiger partial charge in [-0.1, -0.05) is 46.0 Å². The quantitative estimate of drug-likeness (QED) is 0.491. The molecule has 0 spiro atoms. The van der Waals surface area contributed by atoms with Gasteiger partial charge in [-0.25, -0.2) is 0 Å². The lowest BCUT2D eigenvalue weighted by molar-refractivity contribution is 0.131. The first-order chi connectivity index (χ1) is 8.31. The lowest BCUT2D eigenvalue weighted by atomic mass is 10.1. The zero-order valence-electron chi connectivity index (χ0n) is 12.3. The fraction of sp³-hybridized carbons (Fsp3) is 1.00. The fourth-order valence-corrected chi connectivity index (χ4v) is 1.93. The van der Waals surface area contributed by atoms with Crippen molar-refractivity contribution in [3.63, 3.8) is 0 Å². The smallest absolute Gasteiger partial charge is 0.0478 e. The zero-order chi connectivity index (χ0) is 12.8. The largest absolute Gasteiger partial charge is 0.381 e. The molecule has 0 aromatic heterocycles. The molecule has 17 heavy (non-hydrogen) atoms. The molecule has 0 aliphatic rings. The zero-order valence-corrected chi connectivity index (χ0v) is 12.3. The summed E-state index contributed by atoms with van der Waals surface area (Å²) in [6.07, 6.45) is 10.5. The SMILES string of the molecule is CCCCCCCC(C)NCCCOCCC. The number of unbranched alkanes of at least 4 members (excludes halogenated alkanes) is 4. The highest BCUT2D eigenvalue weighted by molar-refractivity contribution is 4.60. The molecular weight excluding hydrogens is 210 g/mol. The molecule has 0 aliphatic carbocycles. The summed E-state index contributed by atoms with van der Waals surface area (Å²) >= 11 is 0. The Morgan fingerprint density at radius 2 is 1.65 bits per heavy atom. The van der Waals surface area contributed by atoms with E-state index in [0.717, 1.165) is 32.6 Å². The average molecular weight is 243 g/mol. The highest BCUT2D eigenvalue weighted by Gasteiger charge is 2.00. The molecule has 0 fully saturated rings. The predicted molar refractivity (Wildman–Crippen MR) is 76.6 cm³/mol. The molecule has 0 bridgehead atoms. The van der Waals surface area contributed by atoms with E-state index >= 15 is 0 Å². The summed E-state index contributed by atoms with van der Waals surface area (Å²) in [4.78, 5) is 0. The van der Waals surface area contributed by atoms with Crippen molar-refractivity contribution in [2.45, 2.75) is 78.2 Å². The molecule has 2 nitrogen and oxygen atoms in total. The molecule has 1 N–H and O–H groups in total. The summed E-state index contributed by atoms with van der Waals surface area (Å²) < 4.78 is 5.45. The molecule has 0 aromatic carbocycles. The normalized spacial score (nSPS) is 12.9. The Kier molecular flexibility index (Phi) is 13.9. The Morgan fingerprint density at radius 1 is 0.882 bits per heavy atom. The van der Waals surface area contributed by atoms with Crippen LogP contribution >= 0.6 is 0 Å². The molecule has 0 aromatic rings. The first kappa shape index (κ1) is 16.9. The van der Waals surface area contributed by atoms with Gasteiger partial charge in [-0.3, -0.25) is 0 Å². The second-order valence-electron chi connectivity index (χ2n) is 5.02. The summed E-state index contributed by atoms with van der Waals surface area (Å²) in [5.74, 6) is 0. The number of hydrogen-bond donors (Lipinski definition) is 1. The van der Waals surface area contributed by atoms with Crippen LogP contribution in [0.4, 0.5) is 0 Å². The standard InChI is InChI=1S/C15H33NO/c1-4-6-7-8-9-11-15(3)16-12-10-14-17-13-5-2/h15-16H,4-14H2,1-3H3. The number of hydrogen-bond acceptors (Lipinski definition) is 2.